The number of nitrogens with one attached hydrogen (secondary N) is 3. The molecule has 1 unspecified atom stereocenters. The molecule has 29 heavy (non-hydrogen) atoms. The van der Waals surface area contributed by atoms with E-state index in [9.17, 15) is 9.59 Å². The van der Waals surface area contributed by atoms with Gasteiger partial charge in [0.15, 0.2) is 5.11 Å². The molecule has 11 heteroatoms. The highest BCUT2D eigenvalue weighted by Gasteiger charge is 2.35. The van der Waals surface area contributed by atoms with Crippen molar-refractivity contribution in [2.45, 2.75) is 9.96 Å². The van der Waals surface area contributed by atoms with E-state index in [2.05, 4.69) is 31.9 Å². The standard InChI is InChI=1S/C18H15BrCl3N3O3S/c1-28-15(27)11-7-3-5-9-13(11)23-17(29)25-16(18(20,21)22)24-14(26)10-6-2-4-8-12(10)19/h2-9,16H,1H3,(H,24,26)(H2,23,25,29). The number of hydrogen-bond donors (Lipinski definition) is 3. The van der Waals surface area contributed by atoms with E-state index in [0.717, 1.165) is 0 Å². The van der Waals surface area contributed by atoms with Crippen LogP contribution in [0.2, 0.25) is 0 Å². The Bertz CT molecular complexity index is 924. The molecule has 2 aromatic rings. The number of halogens is 4. The fourth-order valence-corrected chi connectivity index (χ4v) is 3.24. The Kier molecular flexibility index (Phi) is 8.54. The minimum atomic E-state index is -1.93. The van der Waals surface area contributed by atoms with Crippen LogP contribution in [-0.4, -0.2) is 34.1 Å². The van der Waals surface area contributed by atoms with Gasteiger partial charge in [-0.1, -0.05) is 59.1 Å². The molecule has 0 spiro atoms. The van der Waals surface area contributed by atoms with Crippen molar-refractivity contribution in [2.24, 2.45) is 0 Å². The maximum Gasteiger partial charge on any atom is 0.339 e. The average molecular weight is 540 g/mol. The molecule has 0 bridgehead atoms. The van der Waals surface area contributed by atoms with Crippen LogP contribution in [0, 0.1) is 0 Å². The third kappa shape index (κ3) is 6.72. The molecule has 0 radical (unpaired) electrons. The van der Waals surface area contributed by atoms with Crippen LogP contribution in [0.25, 0.3) is 0 Å². The lowest BCUT2D eigenvalue weighted by Crippen LogP contribution is -2.56. The van der Waals surface area contributed by atoms with E-state index < -0.39 is 21.8 Å². The van der Waals surface area contributed by atoms with E-state index in [1.807, 2.05) is 0 Å². The molecule has 0 aliphatic carbocycles. The Hall–Kier alpha value is -1.58. The number of carbonyl (C=O) groups is 2. The van der Waals surface area contributed by atoms with Crippen LogP contribution in [0.1, 0.15) is 20.7 Å². The number of ether oxygens (including phenoxy) is 1. The van der Waals surface area contributed by atoms with Crippen LogP contribution in [0.3, 0.4) is 0 Å². The summed E-state index contributed by atoms with van der Waals surface area (Å²) in [4.78, 5) is 24.4. The number of methoxy groups -OCH3 is 1. The van der Waals surface area contributed by atoms with E-state index in [-0.39, 0.29) is 10.7 Å². The van der Waals surface area contributed by atoms with Crippen LogP contribution < -0.4 is 16.0 Å². The van der Waals surface area contributed by atoms with Gasteiger partial charge in [-0.25, -0.2) is 4.79 Å². The predicted molar refractivity (Wildman–Crippen MR) is 123 cm³/mol. The van der Waals surface area contributed by atoms with Crippen molar-refractivity contribution in [2.75, 3.05) is 12.4 Å². The van der Waals surface area contributed by atoms with Crippen LogP contribution in [0.4, 0.5) is 5.69 Å². The molecule has 6 nitrogen and oxygen atoms in total. The van der Waals surface area contributed by atoms with E-state index >= 15 is 0 Å². The Labute approximate surface area is 196 Å². The number of benzene rings is 2. The van der Waals surface area contributed by atoms with Gasteiger partial charge in [0.2, 0.25) is 3.79 Å². The summed E-state index contributed by atoms with van der Waals surface area (Å²) in [6, 6.07) is 13.4. The van der Waals surface area contributed by atoms with E-state index in [4.69, 9.17) is 51.8 Å². The number of rotatable bonds is 5. The molecule has 0 aromatic heterocycles. The van der Waals surface area contributed by atoms with Crippen molar-refractivity contribution in [1.29, 1.82) is 0 Å². The molecule has 0 aliphatic rings. The fourth-order valence-electron chi connectivity index (χ4n) is 2.22. The Morgan fingerprint density at radius 1 is 1.03 bits per heavy atom. The van der Waals surface area contributed by atoms with Crippen molar-refractivity contribution >= 4 is 85.6 Å². The molecule has 0 saturated carbocycles. The minimum Gasteiger partial charge on any atom is -0.465 e. The molecule has 0 aliphatic heterocycles. The summed E-state index contributed by atoms with van der Waals surface area (Å²) >= 11 is 26.6. The van der Waals surface area contributed by atoms with Crippen LogP contribution in [-0.2, 0) is 4.74 Å². The normalized spacial score (nSPS) is 11.9. The van der Waals surface area contributed by atoms with Crippen molar-refractivity contribution < 1.29 is 14.3 Å². The van der Waals surface area contributed by atoms with Crippen molar-refractivity contribution in [3.05, 3.63) is 64.1 Å². The minimum absolute atomic E-state index is 0.0186. The maximum atomic E-state index is 12.6. The molecule has 3 N–H and O–H groups in total. The third-order valence-corrected chi connectivity index (χ3v) is 5.14. The van der Waals surface area contributed by atoms with Gasteiger partial charge in [-0.2, -0.15) is 0 Å². The summed E-state index contributed by atoms with van der Waals surface area (Å²) in [5.74, 6) is -1.03. The Morgan fingerprint density at radius 3 is 2.21 bits per heavy atom. The zero-order valence-electron chi connectivity index (χ0n) is 14.8. The molecule has 2 rings (SSSR count). The van der Waals surface area contributed by atoms with Gasteiger partial charge in [-0.15, -0.1) is 0 Å². The fraction of sp³-hybridized carbons (Fsp3) is 0.167. The Balaban J connectivity index is 2.15. The highest BCUT2D eigenvalue weighted by molar-refractivity contribution is 9.10. The number of hydrogen-bond acceptors (Lipinski definition) is 4. The topological polar surface area (TPSA) is 79.5 Å². The molecular formula is C18H15BrCl3N3O3S. The smallest absolute Gasteiger partial charge is 0.339 e. The second-order valence-corrected chi connectivity index (χ2v) is 9.20. The Morgan fingerprint density at radius 2 is 1.62 bits per heavy atom. The van der Waals surface area contributed by atoms with Gasteiger partial charge in [-0.05, 0) is 52.4 Å². The summed E-state index contributed by atoms with van der Waals surface area (Å²) < 4.78 is 3.39. The van der Waals surface area contributed by atoms with E-state index in [1.165, 1.54) is 7.11 Å². The van der Waals surface area contributed by atoms with Gasteiger partial charge in [0.05, 0.1) is 23.9 Å². The van der Waals surface area contributed by atoms with Gasteiger partial charge >= 0.3 is 5.97 Å². The predicted octanol–water partition coefficient (Wildman–Crippen LogP) is 4.65. The first kappa shape index (κ1) is 23.7. The number of alkyl halides is 3. The lowest BCUT2D eigenvalue weighted by molar-refractivity contribution is 0.0601. The highest BCUT2D eigenvalue weighted by Crippen LogP contribution is 2.30. The summed E-state index contributed by atoms with van der Waals surface area (Å²) in [6.45, 7) is 0. The molecule has 0 fully saturated rings. The quantitative estimate of drug-likeness (QED) is 0.222. The lowest BCUT2D eigenvalue weighted by atomic mass is 10.2. The second-order valence-electron chi connectivity index (χ2n) is 5.56. The van der Waals surface area contributed by atoms with Gasteiger partial charge in [-0.3, -0.25) is 4.79 Å². The van der Waals surface area contributed by atoms with Crippen molar-refractivity contribution in [3.8, 4) is 0 Å². The first-order chi connectivity index (χ1) is 13.6. The third-order valence-electron chi connectivity index (χ3n) is 3.58. The maximum absolute atomic E-state index is 12.6. The van der Waals surface area contributed by atoms with Crippen LogP contribution >= 0.6 is 63.0 Å². The molecular weight excluding hydrogens is 525 g/mol. The van der Waals surface area contributed by atoms with Crippen molar-refractivity contribution in [3.63, 3.8) is 0 Å². The lowest BCUT2D eigenvalue weighted by Gasteiger charge is -2.28. The summed E-state index contributed by atoms with van der Waals surface area (Å²) in [5, 5.41) is 8.17. The zero-order chi connectivity index (χ0) is 21.6. The molecule has 1 amide bonds. The molecule has 0 heterocycles. The average Bonchev–Trinajstić information content (AvgIpc) is 2.66. The van der Waals surface area contributed by atoms with Crippen LogP contribution in [0.5, 0.6) is 0 Å². The second kappa shape index (κ2) is 10.4. The molecule has 2 aromatic carbocycles. The van der Waals surface area contributed by atoms with Gasteiger partial charge in [0.1, 0.15) is 6.17 Å². The SMILES string of the molecule is COC(=O)c1ccccc1NC(=S)NC(NC(=O)c1ccccc1Br)C(Cl)(Cl)Cl. The molecule has 1 atom stereocenters. The van der Waals surface area contributed by atoms with Crippen molar-refractivity contribution in [1.82, 2.24) is 10.6 Å². The summed E-state index contributed by atoms with van der Waals surface area (Å²) in [7, 11) is 1.27. The molecule has 0 saturated heterocycles. The first-order valence-corrected chi connectivity index (χ1v) is 10.3. The van der Waals surface area contributed by atoms with Gasteiger partial charge in [0, 0.05) is 4.47 Å². The number of esters is 1. The van der Waals surface area contributed by atoms with Gasteiger partial charge < -0.3 is 20.7 Å². The number of para-hydroxylation sites is 1. The van der Waals surface area contributed by atoms with Crippen LogP contribution in [0.15, 0.2) is 53.0 Å². The first-order valence-electron chi connectivity index (χ1n) is 8.00. The summed E-state index contributed by atoms with van der Waals surface area (Å²) in [6.07, 6.45) is -1.17. The van der Waals surface area contributed by atoms with E-state index in [0.29, 0.717) is 15.7 Å². The van der Waals surface area contributed by atoms with Gasteiger partial charge in [0.25, 0.3) is 5.91 Å². The van der Waals surface area contributed by atoms with E-state index in [1.54, 1.807) is 48.5 Å². The zero-order valence-corrected chi connectivity index (χ0v) is 19.5. The number of anilines is 1. The summed E-state index contributed by atoms with van der Waals surface area (Å²) in [5.41, 5.74) is 1.00. The monoisotopic (exact) mass is 537 g/mol. The largest absolute Gasteiger partial charge is 0.465 e. The number of carbonyl (C=O) groups excluding carboxylic acids is 2. The molecule has 154 valence electrons. The number of thiocarbonyl (C=S) groups is 1. The highest BCUT2D eigenvalue weighted by atomic mass is 79.9. The number of amides is 1.